The van der Waals surface area contributed by atoms with Crippen LogP contribution in [0.5, 0.6) is 0 Å². The Bertz CT molecular complexity index is 466. The molecule has 17 heavy (non-hydrogen) atoms. The van der Waals surface area contributed by atoms with Crippen molar-refractivity contribution in [2.75, 3.05) is 11.9 Å². The fourth-order valence-corrected chi connectivity index (χ4v) is 1.94. The van der Waals surface area contributed by atoms with Crippen molar-refractivity contribution in [2.24, 2.45) is 0 Å². The van der Waals surface area contributed by atoms with Gasteiger partial charge in [-0.2, -0.15) is 10.4 Å². The summed E-state index contributed by atoms with van der Waals surface area (Å²) in [4.78, 5) is 0. The fourth-order valence-electron chi connectivity index (χ4n) is 1.94. The molecule has 0 aromatic carbocycles. The highest BCUT2D eigenvalue weighted by molar-refractivity contribution is 5.56. The minimum atomic E-state index is 0.143. The summed E-state index contributed by atoms with van der Waals surface area (Å²) in [5, 5.41) is 20.6. The van der Waals surface area contributed by atoms with Crippen LogP contribution in [0.1, 0.15) is 30.2 Å². The van der Waals surface area contributed by atoms with E-state index >= 15 is 0 Å². The topological polar surface area (TPSA) is 70.8 Å². The van der Waals surface area contributed by atoms with E-state index in [-0.39, 0.29) is 12.1 Å². The molecule has 0 radical (unpaired) electrons. The van der Waals surface area contributed by atoms with Crippen molar-refractivity contribution < 1.29 is 4.74 Å². The first-order valence-electron chi connectivity index (χ1n) is 5.75. The summed E-state index contributed by atoms with van der Waals surface area (Å²) in [5.74, 6) is 0.568. The van der Waals surface area contributed by atoms with Crippen LogP contribution in [0.2, 0.25) is 0 Å². The van der Waals surface area contributed by atoms with E-state index in [1.165, 1.54) is 0 Å². The number of nitrogens with zero attached hydrogens (tertiary/aromatic N) is 3. The molecule has 0 spiro atoms. The van der Waals surface area contributed by atoms with Gasteiger partial charge in [0.15, 0.2) is 5.82 Å². The molecule has 1 fully saturated rings. The van der Waals surface area contributed by atoms with E-state index < -0.39 is 0 Å². The molecular weight excluding hydrogens is 216 g/mol. The van der Waals surface area contributed by atoms with Crippen LogP contribution in [0, 0.1) is 25.2 Å². The van der Waals surface area contributed by atoms with E-state index in [0.29, 0.717) is 11.4 Å². The SMILES string of the molecule is Cc1nnc(NC2CCOC2C)c(C#N)c1C. The molecule has 5 nitrogen and oxygen atoms in total. The van der Waals surface area contributed by atoms with Crippen LogP contribution in [0.3, 0.4) is 0 Å². The van der Waals surface area contributed by atoms with Gasteiger partial charge >= 0.3 is 0 Å². The largest absolute Gasteiger partial charge is 0.376 e. The Morgan fingerprint density at radius 1 is 1.41 bits per heavy atom. The van der Waals surface area contributed by atoms with E-state index in [9.17, 15) is 5.26 Å². The molecule has 5 heteroatoms. The Hall–Kier alpha value is -1.67. The van der Waals surface area contributed by atoms with Gasteiger partial charge in [-0.1, -0.05) is 0 Å². The summed E-state index contributed by atoms with van der Waals surface area (Å²) in [6.07, 6.45) is 1.07. The van der Waals surface area contributed by atoms with Crippen molar-refractivity contribution in [1.29, 1.82) is 5.26 Å². The second-order valence-corrected chi connectivity index (χ2v) is 4.36. The maximum atomic E-state index is 9.17. The summed E-state index contributed by atoms with van der Waals surface area (Å²) in [7, 11) is 0. The minimum absolute atomic E-state index is 0.143. The first-order chi connectivity index (χ1) is 8.13. The Morgan fingerprint density at radius 2 is 2.18 bits per heavy atom. The highest BCUT2D eigenvalue weighted by atomic mass is 16.5. The molecule has 2 unspecified atom stereocenters. The molecular formula is C12H16N4O. The first kappa shape index (κ1) is 11.8. The van der Waals surface area contributed by atoms with E-state index in [2.05, 4.69) is 21.6 Å². The molecule has 2 rings (SSSR count). The number of nitrogens with one attached hydrogen (secondary N) is 1. The van der Waals surface area contributed by atoms with Crippen molar-refractivity contribution in [3.63, 3.8) is 0 Å². The van der Waals surface area contributed by atoms with Crippen LogP contribution >= 0.6 is 0 Å². The van der Waals surface area contributed by atoms with Gasteiger partial charge in [-0.15, -0.1) is 5.10 Å². The molecule has 1 aromatic heterocycles. The van der Waals surface area contributed by atoms with Gasteiger partial charge in [0.2, 0.25) is 0 Å². The number of rotatable bonds is 2. The van der Waals surface area contributed by atoms with Crippen LogP contribution in [0.25, 0.3) is 0 Å². The van der Waals surface area contributed by atoms with Crippen LogP contribution in [-0.4, -0.2) is 29.0 Å². The highest BCUT2D eigenvalue weighted by Gasteiger charge is 2.25. The number of nitriles is 1. The molecule has 1 N–H and O–H groups in total. The third-order valence-corrected chi connectivity index (χ3v) is 3.26. The van der Waals surface area contributed by atoms with Gasteiger partial charge in [0, 0.05) is 6.61 Å². The van der Waals surface area contributed by atoms with Gasteiger partial charge < -0.3 is 10.1 Å². The quantitative estimate of drug-likeness (QED) is 0.837. The molecule has 0 aliphatic carbocycles. The second kappa shape index (κ2) is 4.68. The van der Waals surface area contributed by atoms with Crippen molar-refractivity contribution in [2.45, 2.75) is 39.3 Å². The van der Waals surface area contributed by atoms with Crippen molar-refractivity contribution >= 4 is 5.82 Å². The summed E-state index contributed by atoms with van der Waals surface area (Å²) in [6.45, 7) is 6.51. The molecule has 1 aliphatic rings. The average Bonchev–Trinajstić information content (AvgIpc) is 2.70. The Labute approximate surface area is 101 Å². The third kappa shape index (κ3) is 2.22. The second-order valence-electron chi connectivity index (χ2n) is 4.36. The van der Waals surface area contributed by atoms with E-state index in [1.54, 1.807) is 0 Å². The van der Waals surface area contributed by atoms with E-state index in [1.807, 2.05) is 20.8 Å². The number of aromatic nitrogens is 2. The Kier molecular flexibility index (Phi) is 3.25. The normalized spacial score (nSPS) is 23.4. The number of ether oxygens (including phenoxy) is 1. The molecule has 0 bridgehead atoms. The lowest BCUT2D eigenvalue weighted by Crippen LogP contribution is -2.28. The Balaban J connectivity index is 2.27. The molecule has 1 saturated heterocycles. The smallest absolute Gasteiger partial charge is 0.167 e. The zero-order valence-corrected chi connectivity index (χ0v) is 10.3. The predicted octanol–water partition coefficient (Wildman–Crippen LogP) is 1.55. The average molecular weight is 232 g/mol. The van der Waals surface area contributed by atoms with Crippen molar-refractivity contribution in [3.05, 3.63) is 16.8 Å². The maximum absolute atomic E-state index is 9.17. The lowest BCUT2D eigenvalue weighted by Gasteiger charge is -2.17. The molecule has 90 valence electrons. The van der Waals surface area contributed by atoms with Gasteiger partial charge in [-0.05, 0) is 32.8 Å². The standard InChI is InChI=1S/C12H16N4O/c1-7-8(2)15-16-12(10(7)6-13)14-11-4-5-17-9(11)3/h9,11H,4-5H2,1-3H3,(H,14,16). The van der Waals surface area contributed by atoms with Gasteiger partial charge in [0.05, 0.1) is 17.8 Å². The zero-order valence-electron chi connectivity index (χ0n) is 10.3. The summed E-state index contributed by atoms with van der Waals surface area (Å²) in [5.41, 5.74) is 2.26. The molecule has 0 amide bonds. The van der Waals surface area contributed by atoms with Crippen LogP contribution in [0.4, 0.5) is 5.82 Å². The van der Waals surface area contributed by atoms with Crippen LogP contribution in [-0.2, 0) is 4.74 Å². The van der Waals surface area contributed by atoms with Crippen molar-refractivity contribution in [3.8, 4) is 6.07 Å². The van der Waals surface area contributed by atoms with Crippen molar-refractivity contribution in [1.82, 2.24) is 10.2 Å². The number of aryl methyl sites for hydroxylation is 1. The van der Waals surface area contributed by atoms with E-state index in [4.69, 9.17) is 4.74 Å². The van der Waals surface area contributed by atoms with Gasteiger partial charge in [0.1, 0.15) is 11.6 Å². The lowest BCUT2D eigenvalue weighted by atomic mass is 10.1. The molecule has 1 aromatic rings. The molecule has 2 atom stereocenters. The van der Waals surface area contributed by atoms with Gasteiger partial charge in [-0.3, -0.25) is 0 Å². The van der Waals surface area contributed by atoms with Crippen LogP contribution < -0.4 is 5.32 Å². The number of hydrogen-bond donors (Lipinski definition) is 1. The van der Waals surface area contributed by atoms with Crippen LogP contribution in [0.15, 0.2) is 0 Å². The monoisotopic (exact) mass is 232 g/mol. The fraction of sp³-hybridized carbons (Fsp3) is 0.583. The highest BCUT2D eigenvalue weighted by Crippen LogP contribution is 2.22. The molecule has 2 heterocycles. The molecule has 0 saturated carbocycles. The molecule has 1 aliphatic heterocycles. The van der Waals surface area contributed by atoms with Gasteiger partial charge in [0.25, 0.3) is 0 Å². The maximum Gasteiger partial charge on any atom is 0.167 e. The summed E-state index contributed by atoms with van der Waals surface area (Å²) < 4.78 is 5.47. The predicted molar refractivity (Wildman–Crippen MR) is 63.7 cm³/mol. The van der Waals surface area contributed by atoms with E-state index in [0.717, 1.165) is 24.3 Å². The lowest BCUT2D eigenvalue weighted by molar-refractivity contribution is 0.121. The zero-order chi connectivity index (χ0) is 12.4. The van der Waals surface area contributed by atoms with Gasteiger partial charge in [-0.25, -0.2) is 0 Å². The summed E-state index contributed by atoms with van der Waals surface area (Å²) in [6, 6.07) is 2.39. The summed E-state index contributed by atoms with van der Waals surface area (Å²) >= 11 is 0. The number of hydrogen-bond acceptors (Lipinski definition) is 5. The Morgan fingerprint density at radius 3 is 2.76 bits per heavy atom. The first-order valence-corrected chi connectivity index (χ1v) is 5.75. The third-order valence-electron chi connectivity index (χ3n) is 3.26. The number of anilines is 1. The minimum Gasteiger partial charge on any atom is -0.376 e.